The number of likely N-dealkylation sites (tertiary alicyclic amines) is 1. The monoisotopic (exact) mass is 296 g/mol. The number of hydrogen-bond acceptors (Lipinski definition) is 4. The van der Waals surface area contributed by atoms with E-state index in [2.05, 4.69) is 4.90 Å². The van der Waals surface area contributed by atoms with Crippen LogP contribution in [0.5, 0.6) is 0 Å². The molecule has 2 heterocycles. The molecule has 0 atom stereocenters. The molecular weight excluding hydrogens is 274 g/mol. The molecule has 19 heavy (non-hydrogen) atoms. The third kappa shape index (κ3) is 3.25. The summed E-state index contributed by atoms with van der Waals surface area (Å²) in [5, 5.41) is 0. The van der Waals surface area contributed by atoms with Gasteiger partial charge in [-0.3, -0.25) is 0 Å². The molecule has 2 saturated heterocycles. The van der Waals surface area contributed by atoms with Crippen LogP contribution >= 0.6 is 0 Å². The molecule has 0 bridgehead atoms. The molecule has 2 rings (SSSR count). The fourth-order valence-electron chi connectivity index (χ4n) is 3.09. The Morgan fingerprint density at radius 1 is 1.21 bits per heavy atom. The van der Waals surface area contributed by atoms with Crippen molar-refractivity contribution in [2.75, 3.05) is 31.1 Å². The summed E-state index contributed by atoms with van der Waals surface area (Å²) in [4.78, 5) is 2.17. The Morgan fingerprint density at radius 3 is 2.16 bits per heavy atom. The largest absolute Gasteiger partial charge is 0.330 e. The molecular formula is C12H22F2N2O2S. The van der Waals surface area contributed by atoms with Gasteiger partial charge in [-0.25, -0.2) is 17.2 Å². The van der Waals surface area contributed by atoms with E-state index >= 15 is 0 Å². The van der Waals surface area contributed by atoms with Gasteiger partial charge in [-0.15, -0.1) is 0 Å². The van der Waals surface area contributed by atoms with Gasteiger partial charge in [-0.05, 0) is 38.8 Å². The molecule has 2 N–H and O–H groups in total. The summed E-state index contributed by atoms with van der Waals surface area (Å²) < 4.78 is 48.9. The first-order valence-electron chi connectivity index (χ1n) is 6.81. The second kappa shape index (κ2) is 5.61. The normalized spacial score (nSPS) is 28.6. The Bertz CT molecular complexity index is 392. The minimum atomic E-state index is -2.86. The van der Waals surface area contributed by atoms with Gasteiger partial charge >= 0.3 is 0 Å². The number of alkyl halides is 2. The lowest BCUT2D eigenvalue weighted by Crippen LogP contribution is -2.52. The van der Waals surface area contributed by atoms with Crippen molar-refractivity contribution in [1.29, 1.82) is 0 Å². The van der Waals surface area contributed by atoms with Crippen LogP contribution in [0.3, 0.4) is 0 Å². The van der Waals surface area contributed by atoms with Crippen LogP contribution in [0.4, 0.5) is 8.78 Å². The average Bonchev–Trinajstić information content (AvgIpc) is 2.39. The van der Waals surface area contributed by atoms with E-state index in [9.17, 15) is 17.2 Å². The van der Waals surface area contributed by atoms with Crippen LogP contribution in [-0.2, 0) is 9.84 Å². The summed E-state index contributed by atoms with van der Waals surface area (Å²) in [6.07, 6.45) is -0.292. The molecule has 2 aliphatic rings. The lowest BCUT2D eigenvalue weighted by molar-refractivity contribution is -0.0490. The number of rotatable bonds is 3. The van der Waals surface area contributed by atoms with Gasteiger partial charge in [0.25, 0.3) is 0 Å². The molecule has 0 saturated carbocycles. The highest BCUT2D eigenvalue weighted by molar-refractivity contribution is 7.91. The Hall–Kier alpha value is -0.270. The van der Waals surface area contributed by atoms with Gasteiger partial charge in [0.2, 0.25) is 6.43 Å². The minimum Gasteiger partial charge on any atom is -0.330 e. The van der Waals surface area contributed by atoms with Crippen LogP contribution in [0.2, 0.25) is 0 Å². The maximum atomic E-state index is 13.1. The number of sulfone groups is 1. The minimum absolute atomic E-state index is 0.0253. The third-order valence-corrected chi connectivity index (χ3v) is 6.42. The molecule has 2 aliphatic heterocycles. The number of hydrogen-bond donors (Lipinski definition) is 1. The van der Waals surface area contributed by atoms with Gasteiger partial charge in [0.15, 0.2) is 0 Å². The zero-order valence-corrected chi connectivity index (χ0v) is 11.8. The highest BCUT2D eigenvalue weighted by atomic mass is 32.2. The van der Waals surface area contributed by atoms with Gasteiger partial charge in [-0.2, -0.15) is 0 Å². The van der Waals surface area contributed by atoms with E-state index in [0.717, 1.165) is 0 Å². The van der Waals surface area contributed by atoms with Crippen LogP contribution in [0, 0.1) is 5.41 Å². The van der Waals surface area contributed by atoms with E-state index in [-0.39, 0.29) is 24.1 Å². The lowest BCUT2D eigenvalue weighted by Gasteiger charge is -2.44. The zero-order chi connectivity index (χ0) is 14.1. The second-order valence-corrected chi connectivity index (χ2v) is 8.09. The predicted octanol–water partition coefficient (Wildman–Crippen LogP) is 0.870. The predicted molar refractivity (Wildman–Crippen MR) is 70.0 cm³/mol. The molecule has 0 unspecified atom stereocenters. The molecule has 4 nitrogen and oxygen atoms in total. The van der Waals surface area contributed by atoms with Crippen LogP contribution in [0.15, 0.2) is 0 Å². The van der Waals surface area contributed by atoms with Crippen molar-refractivity contribution in [3.63, 3.8) is 0 Å². The molecule has 0 amide bonds. The van der Waals surface area contributed by atoms with Gasteiger partial charge in [-0.1, -0.05) is 0 Å². The van der Waals surface area contributed by atoms with Crippen molar-refractivity contribution in [1.82, 2.24) is 4.90 Å². The van der Waals surface area contributed by atoms with E-state index in [4.69, 9.17) is 5.73 Å². The van der Waals surface area contributed by atoms with Crippen molar-refractivity contribution in [3.8, 4) is 0 Å². The van der Waals surface area contributed by atoms with Crippen LogP contribution in [0.1, 0.15) is 25.7 Å². The highest BCUT2D eigenvalue weighted by Gasteiger charge is 2.43. The first kappa shape index (κ1) is 15.1. The molecule has 2 fully saturated rings. The Morgan fingerprint density at radius 2 is 1.74 bits per heavy atom. The fraction of sp³-hybridized carbons (Fsp3) is 1.00. The second-order valence-electron chi connectivity index (χ2n) is 5.79. The van der Waals surface area contributed by atoms with E-state index < -0.39 is 21.7 Å². The molecule has 0 spiro atoms. The van der Waals surface area contributed by atoms with E-state index in [0.29, 0.717) is 38.8 Å². The van der Waals surface area contributed by atoms with Crippen molar-refractivity contribution < 1.29 is 17.2 Å². The summed E-state index contributed by atoms with van der Waals surface area (Å²) in [6.45, 7) is 1.23. The van der Waals surface area contributed by atoms with Gasteiger partial charge in [0.1, 0.15) is 9.84 Å². The Balaban J connectivity index is 1.90. The molecule has 0 aliphatic carbocycles. The standard InChI is InChI=1S/C12H22F2N2O2S/c13-11(14)12(9-15)3-5-16(6-4-12)10-1-7-19(17,18)8-2-10/h10-11H,1-9,15H2. The topological polar surface area (TPSA) is 63.4 Å². The van der Waals surface area contributed by atoms with Crippen molar-refractivity contribution in [3.05, 3.63) is 0 Å². The van der Waals surface area contributed by atoms with Crippen LogP contribution < -0.4 is 5.73 Å². The smallest absolute Gasteiger partial charge is 0.245 e. The van der Waals surface area contributed by atoms with Crippen molar-refractivity contribution in [2.45, 2.75) is 38.2 Å². The van der Waals surface area contributed by atoms with Crippen molar-refractivity contribution in [2.24, 2.45) is 11.1 Å². The van der Waals surface area contributed by atoms with Gasteiger partial charge in [0.05, 0.1) is 11.5 Å². The number of halogens is 2. The van der Waals surface area contributed by atoms with Gasteiger partial charge in [0, 0.05) is 18.0 Å². The molecule has 0 aromatic carbocycles. The number of piperidine rings is 1. The van der Waals surface area contributed by atoms with E-state index in [1.54, 1.807) is 0 Å². The summed E-state index contributed by atoms with van der Waals surface area (Å²) >= 11 is 0. The van der Waals surface area contributed by atoms with Crippen molar-refractivity contribution >= 4 is 9.84 Å². The Kier molecular flexibility index (Phi) is 4.47. The zero-order valence-electron chi connectivity index (χ0n) is 11.0. The molecule has 7 heteroatoms. The van der Waals surface area contributed by atoms with Gasteiger partial charge < -0.3 is 10.6 Å². The first-order chi connectivity index (χ1) is 8.88. The number of nitrogens with two attached hydrogens (primary N) is 1. The molecule has 0 aromatic rings. The SMILES string of the molecule is NCC1(C(F)F)CCN(C2CCS(=O)(=O)CC2)CC1. The molecule has 112 valence electrons. The quantitative estimate of drug-likeness (QED) is 0.839. The Labute approximate surface area is 113 Å². The molecule has 0 radical (unpaired) electrons. The van der Waals surface area contributed by atoms with Crippen LogP contribution in [-0.4, -0.2) is 56.9 Å². The van der Waals surface area contributed by atoms with Crippen LogP contribution in [0.25, 0.3) is 0 Å². The van der Waals surface area contributed by atoms with E-state index in [1.807, 2.05) is 0 Å². The average molecular weight is 296 g/mol. The molecule has 0 aromatic heterocycles. The summed E-state index contributed by atoms with van der Waals surface area (Å²) in [5.41, 5.74) is 4.49. The highest BCUT2D eigenvalue weighted by Crippen LogP contribution is 2.37. The maximum absolute atomic E-state index is 13.1. The first-order valence-corrected chi connectivity index (χ1v) is 8.63. The summed E-state index contributed by atoms with van der Waals surface area (Å²) in [5.74, 6) is 0.454. The summed E-state index contributed by atoms with van der Waals surface area (Å²) in [7, 11) is -2.86. The third-order valence-electron chi connectivity index (χ3n) is 4.70. The summed E-state index contributed by atoms with van der Waals surface area (Å²) in [6, 6.07) is 0.233. The fourth-order valence-corrected chi connectivity index (χ4v) is 4.56. The lowest BCUT2D eigenvalue weighted by atomic mass is 9.78. The van der Waals surface area contributed by atoms with E-state index in [1.165, 1.54) is 0 Å². The number of nitrogens with zero attached hydrogens (tertiary/aromatic N) is 1. The maximum Gasteiger partial charge on any atom is 0.245 e.